The fraction of sp³-hybridized carbons (Fsp3) is 0.941. The van der Waals surface area contributed by atoms with E-state index in [0.29, 0.717) is 18.5 Å². The van der Waals surface area contributed by atoms with Gasteiger partial charge in [0.25, 0.3) is 0 Å². The Kier molecular flexibility index (Phi) is 7.51. The first-order chi connectivity index (χ1) is 10.3. The standard InChI is InChI=1S/C17H33N3O/c1-18-11-10-16-9-5-8-14-20(16)15-17(21)19-12-6-3-2-4-7-13-19/h16,18H,2-15H2,1H3. The summed E-state index contributed by atoms with van der Waals surface area (Å²) >= 11 is 0. The van der Waals surface area contributed by atoms with Gasteiger partial charge in [0, 0.05) is 19.1 Å². The minimum Gasteiger partial charge on any atom is -0.342 e. The molecule has 2 rings (SSSR count). The third kappa shape index (κ3) is 5.59. The predicted octanol–water partition coefficient (Wildman–Crippen LogP) is 2.24. The van der Waals surface area contributed by atoms with E-state index >= 15 is 0 Å². The van der Waals surface area contributed by atoms with Crippen molar-refractivity contribution in [3.8, 4) is 0 Å². The van der Waals surface area contributed by atoms with Crippen LogP contribution in [0.2, 0.25) is 0 Å². The average Bonchev–Trinajstić information content (AvgIpc) is 2.46. The van der Waals surface area contributed by atoms with Gasteiger partial charge in [0.05, 0.1) is 6.54 Å². The van der Waals surface area contributed by atoms with Crippen molar-refractivity contribution in [3.05, 3.63) is 0 Å². The summed E-state index contributed by atoms with van der Waals surface area (Å²) in [6.07, 6.45) is 11.3. The first-order valence-corrected chi connectivity index (χ1v) is 8.97. The van der Waals surface area contributed by atoms with Gasteiger partial charge in [-0.2, -0.15) is 0 Å². The first kappa shape index (κ1) is 16.8. The molecule has 2 aliphatic heterocycles. The number of piperidine rings is 1. The predicted molar refractivity (Wildman–Crippen MR) is 87.4 cm³/mol. The summed E-state index contributed by atoms with van der Waals surface area (Å²) in [6, 6.07) is 0.602. The Hall–Kier alpha value is -0.610. The lowest BCUT2D eigenvalue weighted by molar-refractivity contribution is -0.133. The van der Waals surface area contributed by atoms with Gasteiger partial charge in [-0.15, -0.1) is 0 Å². The molecule has 1 N–H and O–H groups in total. The summed E-state index contributed by atoms with van der Waals surface area (Å²) in [7, 11) is 2.01. The second kappa shape index (κ2) is 9.42. The van der Waals surface area contributed by atoms with Crippen LogP contribution in [0.5, 0.6) is 0 Å². The van der Waals surface area contributed by atoms with Crippen LogP contribution in [0.15, 0.2) is 0 Å². The maximum absolute atomic E-state index is 12.6. The highest BCUT2D eigenvalue weighted by Gasteiger charge is 2.25. The van der Waals surface area contributed by atoms with Crippen LogP contribution in [-0.4, -0.2) is 61.5 Å². The van der Waals surface area contributed by atoms with Crippen LogP contribution in [0.4, 0.5) is 0 Å². The van der Waals surface area contributed by atoms with Crippen molar-refractivity contribution in [2.24, 2.45) is 0 Å². The lowest BCUT2D eigenvalue weighted by Crippen LogP contribution is -2.48. The van der Waals surface area contributed by atoms with Gasteiger partial charge in [-0.25, -0.2) is 0 Å². The Balaban J connectivity index is 1.83. The van der Waals surface area contributed by atoms with Crippen molar-refractivity contribution in [2.75, 3.05) is 39.8 Å². The van der Waals surface area contributed by atoms with Crippen LogP contribution in [0.1, 0.15) is 57.8 Å². The third-order valence-electron chi connectivity index (χ3n) is 5.02. The molecule has 1 unspecified atom stereocenters. The zero-order valence-electron chi connectivity index (χ0n) is 13.8. The number of hydrogen-bond acceptors (Lipinski definition) is 3. The SMILES string of the molecule is CNCCC1CCCCN1CC(=O)N1CCCCCCC1. The van der Waals surface area contributed by atoms with E-state index in [-0.39, 0.29) is 0 Å². The van der Waals surface area contributed by atoms with E-state index in [0.717, 1.165) is 26.2 Å². The molecule has 0 radical (unpaired) electrons. The molecule has 2 fully saturated rings. The zero-order valence-corrected chi connectivity index (χ0v) is 13.8. The van der Waals surface area contributed by atoms with Crippen molar-refractivity contribution in [1.29, 1.82) is 0 Å². The maximum Gasteiger partial charge on any atom is 0.236 e. The molecular formula is C17H33N3O. The largest absolute Gasteiger partial charge is 0.342 e. The monoisotopic (exact) mass is 295 g/mol. The summed E-state index contributed by atoms with van der Waals surface area (Å²) in [5.74, 6) is 0.369. The first-order valence-electron chi connectivity index (χ1n) is 8.97. The van der Waals surface area contributed by atoms with E-state index in [4.69, 9.17) is 0 Å². The molecule has 21 heavy (non-hydrogen) atoms. The van der Waals surface area contributed by atoms with Gasteiger partial charge in [-0.1, -0.05) is 25.7 Å². The molecule has 4 nitrogen and oxygen atoms in total. The summed E-state index contributed by atoms with van der Waals surface area (Å²) in [5, 5.41) is 3.25. The van der Waals surface area contributed by atoms with Gasteiger partial charge in [-0.05, 0) is 52.2 Å². The second-order valence-corrected chi connectivity index (χ2v) is 6.66. The highest BCUT2D eigenvalue weighted by molar-refractivity contribution is 5.78. The molecular weight excluding hydrogens is 262 g/mol. The fourth-order valence-electron chi connectivity index (χ4n) is 3.68. The summed E-state index contributed by atoms with van der Waals surface area (Å²) in [4.78, 5) is 17.2. The van der Waals surface area contributed by atoms with Gasteiger partial charge < -0.3 is 10.2 Å². The molecule has 0 aromatic rings. The number of nitrogens with zero attached hydrogens (tertiary/aromatic N) is 2. The van der Waals surface area contributed by atoms with E-state index < -0.39 is 0 Å². The fourth-order valence-corrected chi connectivity index (χ4v) is 3.68. The van der Waals surface area contributed by atoms with Gasteiger partial charge in [0.2, 0.25) is 5.91 Å². The Labute approximate surface area is 130 Å². The van der Waals surface area contributed by atoms with Crippen molar-refractivity contribution < 1.29 is 4.79 Å². The Bertz CT molecular complexity index is 300. The molecule has 0 saturated carbocycles. The highest BCUT2D eigenvalue weighted by atomic mass is 16.2. The lowest BCUT2D eigenvalue weighted by Gasteiger charge is -2.37. The van der Waals surface area contributed by atoms with Crippen LogP contribution in [-0.2, 0) is 4.79 Å². The van der Waals surface area contributed by atoms with Crippen LogP contribution in [0, 0.1) is 0 Å². The van der Waals surface area contributed by atoms with E-state index in [1.807, 2.05) is 7.05 Å². The Morgan fingerprint density at radius 2 is 1.67 bits per heavy atom. The molecule has 2 aliphatic rings. The number of nitrogens with one attached hydrogen (secondary N) is 1. The average molecular weight is 295 g/mol. The van der Waals surface area contributed by atoms with E-state index in [9.17, 15) is 4.79 Å². The number of rotatable bonds is 5. The van der Waals surface area contributed by atoms with Gasteiger partial charge >= 0.3 is 0 Å². The minimum atomic E-state index is 0.369. The number of likely N-dealkylation sites (tertiary alicyclic amines) is 2. The van der Waals surface area contributed by atoms with E-state index in [1.54, 1.807) is 0 Å². The maximum atomic E-state index is 12.6. The van der Waals surface area contributed by atoms with Crippen molar-refractivity contribution in [3.63, 3.8) is 0 Å². The highest BCUT2D eigenvalue weighted by Crippen LogP contribution is 2.20. The van der Waals surface area contributed by atoms with Crippen LogP contribution in [0.3, 0.4) is 0 Å². The molecule has 0 aromatic heterocycles. The normalized spacial score (nSPS) is 25.4. The lowest BCUT2D eigenvalue weighted by atomic mass is 9.99. The quantitative estimate of drug-likeness (QED) is 0.845. The van der Waals surface area contributed by atoms with Crippen LogP contribution in [0.25, 0.3) is 0 Å². The smallest absolute Gasteiger partial charge is 0.236 e. The Morgan fingerprint density at radius 3 is 2.38 bits per heavy atom. The van der Waals surface area contributed by atoms with E-state index in [1.165, 1.54) is 57.8 Å². The summed E-state index contributed by atoms with van der Waals surface area (Å²) in [5.41, 5.74) is 0. The third-order valence-corrected chi connectivity index (χ3v) is 5.02. The van der Waals surface area contributed by atoms with Gasteiger partial charge in [0.15, 0.2) is 0 Å². The topological polar surface area (TPSA) is 35.6 Å². The number of carbonyl (C=O) groups excluding carboxylic acids is 1. The summed E-state index contributed by atoms with van der Waals surface area (Å²) < 4.78 is 0. The summed E-state index contributed by atoms with van der Waals surface area (Å²) in [6.45, 7) is 4.77. The molecule has 0 aliphatic carbocycles. The zero-order chi connectivity index (χ0) is 14.9. The molecule has 122 valence electrons. The molecule has 2 heterocycles. The number of hydrogen-bond donors (Lipinski definition) is 1. The molecule has 2 saturated heterocycles. The number of amides is 1. The van der Waals surface area contributed by atoms with Crippen LogP contribution < -0.4 is 5.32 Å². The molecule has 0 bridgehead atoms. The van der Waals surface area contributed by atoms with E-state index in [2.05, 4.69) is 15.1 Å². The second-order valence-electron chi connectivity index (χ2n) is 6.66. The van der Waals surface area contributed by atoms with Gasteiger partial charge in [-0.3, -0.25) is 9.69 Å². The Morgan fingerprint density at radius 1 is 1.00 bits per heavy atom. The minimum absolute atomic E-state index is 0.369. The van der Waals surface area contributed by atoms with Crippen molar-refractivity contribution >= 4 is 5.91 Å². The number of carbonyl (C=O) groups is 1. The van der Waals surface area contributed by atoms with Crippen molar-refractivity contribution in [2.45, 2.75) is 63.8 Å². The molecule has 4 heteroatoms. The molecule has 0 spiro atoms. The van der Waals surface area contributed by atoms with Crippen LogP contribution >= 0.6 is 0 Å². The molecule has 1 atom stereocenters. The molecule has 1 amide bonds. The van der Waals surface area contributed by atoms with Crippen molar-refractivity contribution in [1.82, 2.24) is 15.1 Å². The molecule has 0 aromatic carbocycles. The van der Waals surface area contributed by atoms with Gasteiger partial charge in [0.1, 0.15) is 0 Å².